The van der Waals surface area contributed by atoms with Crippen LogP contribution in [0.4, 0.5) is 0 Å². The number of aliphatic hydroxyl groups is 2. The monoisotopic (exact) mass is 555 g/mol. The lowest BCUT2D eigenvalue weighted by Crippen LogP contribution is -2.39. The first kappa shape index (κ1) is 34.5. The second-order valence-electron chi connectivity index (χ2n) is 15.6. The number of rotatable bonds is 4. The van der Waals surface area contributed by atoms with Crippen molar-refractivity contribution in [2.24, 2.45) is 39.4 Å². The fourth-order valence-corrected chi connectivity index (χ4v) is 6.16. The molecule has 3 N–H and O–H groups in total. The highest BCUT2D eigenvalue weighted by molar-refractivity contribution is 5.72. The molecule has 3 saturated heterocycles. The van der Waals surface area contributed by atoms with Crippen LogP contribution in [0, 0.1) is 39.4 Å². The quantitative estimate of drug-likeness (QED) is 0.440. The van der Waals surface area contributed by atoms with Crippen LogP contribution in [0.1, 0.15) is 101 Å². The minimum Gasteiger partial charge on any atom is -0.394 e. The average Bonchev–Trinajstić information content (AvgIpc) is 3.49. The van der Waals surface area contributed by atoms with Crippen LogP contribution in [-0.2, 0) is 19.0 Å². The van der Waals surface area contributed by atoms with E-state index in [4.69, 9.17) is 24.4 Å². The summed E-state index contributed by atoms with van der Waals surface area (Å²) in [5.74, 6) is 1.95. The highest BCUT2D eigenvalue weighted by Crippen LogP contribution is 2.68. The van der Waals surface area contributed by atoms with E-state index >= 15 is 0 Å². The lowest BCUT2D eigenvalue weighted by molar-refractivity contribution is -0.120. The molecule has 7 unspecified atom stereocenters. The van der Waals surface area contributed by atoms with Crippen LogP contribution >= 0.6 is 0 Å². The molecule has 7 atom stereocenters. The van der Waals surface area contributed by atoms with E-state index in [2.05, 4.69) is 67.6 Å². The summed E-state index contributed by atoms with van der Waals surface area (Å²) in [6, 6.07) is 0. The molecule has 0 aromatic heterocycles. The van der Waals surface area contributed by atoms with Gasteiger partial charge in [0.15, 0.2) is 0 Å². The molecule has 0 spiro atoms. The third-order valence-corrected chi connectivity index (χ3v) is 9.78. The molecule has 1 aliphatic carbocycles. The average molecular weight is 556 g/mol. The van der Waals surface area contributed by atoms with Crippen molar-refractivity contribution in [2.75, 3.05) is 39.6 Å². The largest absolute Gasteiger partial charge is 0.394 e. The van der Waals surface area contributed by atoms with Gasteiger partial charge in [0.2, 0.25) is 5.91 Å². The van der Waals surface area contributed by atoms with E-state index in [9.17, 15) is 4.79 Å². The third kappa shape index (κ3) is 9.95. The molecular formula is C32H61NO6. The first-order valence-electron chi connectivity index (χ1n) is 15.3. The van der Waals surface area contributed by atoms with Crippen molar-refractivity contribution in [3.8, 4) is 0 Å². The second-order valence-corrected chi connectivity index (χ2v) is 15.6. The Morgan fingerprint density at radius 3 is 1.59 bits per heavy atom. The van der Waals surface area contributed by atoms with E-state index < -0.39 is 0 Å². The molecule has 0 bridgehead atoms. The maximum absolute atomic E-state index is 10.7. The molecule has 7 nitrogen and oxygen atoms in total. The summed E-state index contributed by atoms with van der Waals surface area (Å²) in [7, 11) is 0. The molecule has 4 aliphatic rings. The Labute approximate surface area is 239 Å². The molecular weight excluding hydrogens is 494 g/mol. The zero-order chi connectivity index (χ0) is 29.6. The number of carbonyl (C=O) groups excluding carboxylic acids is 1. The smallest absolute Gasteiger partial charge is 0.216 e. The van der Waals surface area contributed by atoms with Gasteiger partial charge >= 0.3 is 0 Å². The predicted molar refractivity (Wildman–Crippen MR) is 156 cm³/mol. The van der Waals surface area contributed by atoms with Gasteiger partial charge in [-0.05, 0) is 66.1 Å². The molecule has 0 radical (unpaired) electrons. The number of hydrogen-bond acceptors (Lipinski definition) is 6. The van der Waals surface area contributed by atoms with E-state index in [0.29, 0.717) is 46.0 Å². The van der Waals surface area contributed by atoms with Crippen LogP contribution < -0.4 is 5.32 Å². The fraction of sp³-hybridized carbons (Fsp3) is 0.969. The van der Waals surface area contributed by atoms with Gasteiger partial charge in [0, 0.05) is 18.9 Å². The Morgan fingerprint density at radius 1 is 0.795 bits per heavy atom. The lowest BCUT2D eigenvalue weighted by Gasteiger charge is -2.37. The fourth-order valence-electron chi connectivity index (χ4n) is 6.16. The van der Waals surface area contributed by atoms with Crippen molar-refractivity contribution in [1.29, 1.82) is 0 Å². The number of aliphatic hydroxyl groups excluding tert-OH is 2. The van der Waals surface area contributed by atoms with Crippen molar-refractivity contribution < 1.29 is 29.2 Å². The Morgan fingerprint density at radius 2 is 1.31 bits per heavy atom. The Balaban J connectivity index is 0.000000207. The molecule has 4 rings (SSSR count). The van der Waals surface area contributed by atoms with Crippen LogP contribution in [0.3, 0.4) is 0 Å². The molecule has 3 heterocycles. The molecule has 4 fully saturated rings. The molecule has 0 aromatic rings. The van der Waals surface area contributed by atoms with Crippen molar-refractivity contribution in [3.63, 3.8) is 0 Å². The molecule has 39 heavy (non-hydrogen) atoms. The number of amides is 1. The standard InChI is InChI=1S/C12H23NO2.C10H18O2.C10H20O2/c1-9(14)13-7-11-6-5-10(8-15-11)12(2,3)4;1-9(2,3)10-4-7(10)8(5-11)12-6-10;1-10(2,3)8-4-5-9(6-11)12-7-8/h10-11H,5-8H2,1-4H3,(H,13,14);7-8,11H,4-6H2,1-3H3;8-9,11H,4-7H2,1-3H3. The number of fused-ring (bicyclic) bond motifs is 1. The summed E-state index contributed by atoms with van der Waals surface area (Å²) >= 11 is 0. The van der Waals surface area contributed by atoms with Crippen LogP contribution in [0.2, 0.25) is 0 Å². The first-order valence-corrected chi connectivity index (χ1v) is 15.3. The maximum Gasteiger partial charge on any atom is 0.216 e. The van der Waals surface area contributed by atoms with Crippen molar-refractivity contribution >= 4 is 5.91 Å². The molecule has 0 aromatic carbocycles. The summed E-state index contributed by atoms with van der Waals surface area (Å²) in [6.07, 6.45) is 6.16. The van der Waals surface area contributed by atoms with Crippen molar-refractivity contribution in [2.45, 2.75) is 120 Å². The van der Waals surface area contributed by atoms with Crippen LogP contribution in [0.5, 0.6) is 0 Å². The zero-order valence-electron chi connectivity index (χ0n) is 26.8. The minimum absolute atomic E-state index is 0.0246. The SMILES string of the molecule is CC(=O)NCC1CCC(C(C)(C)C)CO1.CC(C)(C)C12COC(CO)C1C2.CC(C)(C)C1CCC(CO)OC1. The molecule has 1 amide bonds. The summed E-state index contributed by atoms with van der Waals surface area (Å²) in [4.78, 5) is 10.7. The van der Waals surface area contributed by atoms with Gasteiger partial charge < -0.3 is 29.7 Å². The Bertz CT molecular complexity index is 735. The predicted octanol–water partition coefficient (Wildman–Crippen LogP) is 5.21. The van der Waals surface area contributed by atoms with Crippen LogP contribution in [0.15, 0.2) is 0 Å². The lowest BCUT2D eigenvalue weighted by atomic mass is 9.77. The Kier molecular flexibility index (Phi) is 12.3. The highest BCUT2D eigenvalue weighted by atomic mass is 16.5. The van der Waals surface area contributed by atoms with Gasteiger partial charge in [-0.2, -0.15) is 0 Å². The van der Waals surface area contributed by atoms with Gasteiger partial charge in [-0.1, -0.05) is 62.3 Å². The summed E-state index contributed by atoms with van der Waals surface area (Å²) in [5.41, 5.74) is 1.40. The number of nitrogens with one attached hydrogen (secondary N) is 1. The number of carbonyl (C=O) groups is 1. The highest BCUT2D eigenvalue weighted by Gasteiger charge is 2.67. The Hall–Kier alpha value is -0.730. The summed E-state index contributed by atoms with van der Waals surface area (Å²) in [6.45, 7) is 25.4. The van der Waals surface area contributed by atoms with Gasteiger partial charge in [-0.3, -0.25) is 4.79 Å². The minimum atomic E-state index is 0.0246. The van der Waals surface area contributed by atoms with Gasteiger partial charge in [-0.15, -0.1) is 0 Å². The second kappa shape index (κ2) is 14.0. The molecule has 230 valence electrons. The van der Waals surface area contributed by atoms with Gasteiger partial charge in [-0.25, -0.2) is 0 Å². The topological polar surface area (TPSA) is 97.3 Å². The first-order chi connectivity index (χ1) is 17.9. The van der Waals surface area contributed by atoms with E-state index in [1.807, 2.05) is 0 Å². The van der Waals surface area contributed by atoms with Gasteiger partial charge in [0.25, 0.3) is 0 Å². The van der Waals surface area contributed by atoms with E-state index in [-0.39, 0.29) is 37.4 Å². The van der Waals surface area contributed by atoms with Crippen molar-refractivity contribution in [1.82, 2.24) is 5.32 Å². The van der Waals surface area contributed by atoms with Crippen LogP contribution in [0.25, 0.3) is 0 Å². The van der Waals surface area contributed by atoms with E-state index in [1.54, 1.807) is 6.92 Å². The maximum atomic E-state index is 10.7. The van der Waals surface area contributed by atoms with Crippen molar-refractivity contribution in [3.05, 3.63) is 0 Å². The van der Waals surface area contributed by atoms with Crippen LogP contribution in [-0.4, -0.2) is 74.0 Å². The van der Waals surface area contributed by atoms with Gasteiger partial charge in [0.1, 0.15) is 0 Å². The van der Waals surface area contributed by atoms with Gasteiger partial charge in [0.05, 0.1) is 51.3 Å². The number of ether oxygens (including phenoxy) is 3. The normalized spacial score (nSPS) is 34.6. The van der Waals surface area contributed by atoms with E-state index in [1.165, 1.54) is 19.3 Å². The molecule has 1 saturated carbocycles. The molecule has 7 heteroatoms. The molecule has 3 aliphatic heterocycles. The zero-order valence-corrected chi connectivity index (χ0v) is 26.8. The van der Waals surface area contributed by atoms with E-state index in [0.717, 1.165) is 32.7 Å². The summed E-state index contributed by atoms with van der Waals surface area (Å²) in [5, 5.41) is 20.7. The number of hydrogen-bond donors (Lipinski definition) is 3. The third-order valence-electron chi connectivity index (χ3n) is 9.78. The summed E-state index contributed by atoms with van der Waals surface area (Å²) < 4.78 is 16.8.